The molecule has 1 aromatic carbocycles. The van der Waals surface area contributed by atoms with Crippen LogP contribution in [0.15, 0.2) is 30.6 Å². The molecule has 0 aliphatic heterocycles. The molecule has 0 fully saturated rings. The van der Waals surface area contributed by atoms with Gasteiger partial charge in [0.1, 0.15) is 12.1 Å². The maximum atomic E-state index is 5.70. The van der Waals surface area contributed by atoms with Crippen molar-refractivity contribution < 1.29 is 9.47 Å². The lowest BCUT2D eigenvalue weighted by molar-refractivity contribution is 0.414. The minimum Gasteiger partial charge on any atom is -0.497 e. The van der Waals surface area contributed by atoms with Crippen molar-refractivity contribution in [3.8, 4) is 11.5 Å². The second-order valence-electron chi connectivity index (χ2n) is 3.50. The topological polar surface area (TPSA) is 82.3 Å². The van der Waals surface area contributed by atoms with Gasteiger partial charge in [0.15, 0.2) is 11.6 Å². The Labute approximate surface area is 105 Å². The Hall–Kier alpha value is -2.50. The average Bonchev–Trinajstić information content (AvgIpc) is 2.39. The van der Waals surface area contributed by atoms with Gasteiger partial charge in [-0.25, -0.2) is 9.97 Å². The normalized spacial score (nSPS) is 9.89. The van der Waals surface area contributed by atoms with Crippen molar-refractivity contribution in [1.82, 2.24) is 9.97 Å². The molecule has 2 rings (SSSR count). The number of rotatable bonds is 4. The van der Waals surface area contributed by atoms with Gasteiger partial charge in [-0.15, -0.1) is 0 Å². The van der Waals surface area contributed by atoms with E-state index in [1.165, 1.54) is 13.4 Å². The van der Waals surface area contributed by atoms with Gasteiger partial charge in [-0.1, -0.05) is 6.07 Å². The van der Waals surface area contributed by atoms with Crippen LogP contribution in [-0.2, 0) is 0 Å². The summed E-state index contributed by atoms with van der Waals surface area (Å²) in [6.07, 6.45) is 1.38. The molecule has 0 atom stereocenters. The highest BCUT2D eigenvalue weighted by molar-refractivity contribution is 5.68. The van der Waals surface area contributed by atoms with E-state index in [0.717, 1.165) is 11.4 Å². The molecule has 0 aliphatic carbocycles. The third kappa shape index (κ3) is 2.42. The van der Waals surface area contributed by atoms with Gasteiger partial charge >= 0.3 is 0 Å². The highest BCUT2D eigenvalue weighted by Crippen LogP contribution is 2.29. The highest BCUT2D eigenvalue weighted by atomic mass is 16.5. The molecule has 0 amide bonds. The predicted molar refractivity (Wildman–Crippen MR) is 69.3 cm³/mol. The Kier molecular flexibility index (Phi) is 3.47. The van der Waals surface area contributed by atoms with E-state index in [4.69, 9.17) is 15.2 Å². The van der Waals surface area contributed by atoms with Crippen molar-refractivity contribution >= 4 is 17.3 Å². The van der Waals surface area contributed by atoms with Gasteiger partial charge in [0.05, 0.1) is 14.2 Å². The third-order valence-electron chi connectivity index (χ3n) is 2.37. The summed E-state index contributed by atoms with van der Waals surface area (Å²) in [6, 6.07) is 7.47. The number of nitrogens with two attached hydrogens (primary N) is 1. The fraction of sp³-hybridized carbons (Fsp3) is 0.167. The molecule has 1 aromatic heterocycles. The van der Waals surface area contributed by atoms with E-state index in [1.807, 2.05) is 24.3 Å². The quantitative estimate of drug-likeness (QED) is 0.856. The summed E-state index contributed by atoms with van der Waals surface area (Å²) in [6.45, 7) is 0. The molecule has 6 nitrogen and oxygen atoms in total. The summed E-state index contributed by atoms with van der Waals surface area (Å²) in [5, 5.41) is 3.10. The zero-order chi connectivity index (χ0) is 13.0. The first-order valence-corrected chi connectivity index (χ1v) is 5.30. The van der Waals surface area contributed by atoms with Gasteiger partial charge in [0.2, 0.25) is 5.75 Å². The van der Waals surface area contributed by atoms with Gasteiger partial charge in [-0.3, -0.25) is 0 Å². The second-order valence-corrected chi connectivity index (χ2v) is 3.50. The molecule has 18 heavy (non-hydrogen) atoms. The Balaban J connectivity index is 2.30. The molecular formula is C12H14N4O2. The Morgan fingerprint density at radius 1 is 1.17 bits per heavy atom. The lowest BCUT2D eigenvalue weighted by Crippen LogP contribution is -2.02. The summed E-state index contributed by atoms with van der Waals surface area (Å²) in [5.74, 6) is 1.97. The minimum atomic E-state index is 0.290. The number of benzene rings is 1. The van der Waals surface area contributed by atoms with Crippen molar-refractivity contribution in [2.45, 2.75) is 0 Å². The molecule has 6 heteroatoms. The van der Waals surface area contributed by atoms with E-state index in [1.54, 1.807) is 7.11 Å². The summed E-state index contributed by atoms with van der Waals surface area (Å²) < 4.78 is 10.3. The van der Waals surface area contributed by atoms with Crippen LogP contribution in [-0.4, -0.2) is 24.2 Å². The molecule has 0 bridgehead atoms. The van der Waals surface area contributed by atoms with Gasteiger partial charge in [0, 0.05) is 11.8 Å². The van der Waals surface area contributed by atoms with Crippen LogP contribution in [0.4, 0.5) is 17.3 Å². The van der Waals surface area contributed by atoms with Crippen molar-refractivity contribution in [1.29, 1.82) is 0 Å². The Bertz CT molecular complexity index is 545. The predicted octanol–water partition coefficient (Wildman–Crippen LogP) is 1.82. The molecule has 3 N–H and O–H groups in total. The van der Waals surface area contributed by atoms with E-state index in [0.29, 0.717) is 11.6 Å². The molecular weight excluding hydrogens is 232 g/mol. The smallest absolute Gasteiger partial charge is 0.204 e. The maximum absolute atomic E-state index is 5.70. The van der Waals surface area contributed by atoms with Crippen molar-refractivity contribution in [3.05, 3.63) is 30.6 Å². The van der Waals surface area contributed by atoms with Crippen molar-refractivity contribution in [3.63, 3.8) is 0 Å². The van der Waals surface area contributed by atoms with Crippen LogP contribution in [0.25, 0.3) is 0 Å². The Morgan fingerprint density at radius 3 is 2.72 bits per heavy atom. The Morgan fingerprint density at radius 2 is 2.00 bits per heavy atom. The lowest BCUT2D eigenvalue weighted by atomic mass is 10.3. The van der Waals surface area contributed by atoms with Crippen LogP contribution >= 0.6 is 0 Å². The van der Waals surface area contributed by atoms with E-state index < -0.39 is 0 Å². The molecule has 0 unspecified atom stereocenters. The molecule has 0 radical (unpaired) electrons. The van der Waals surface area contributed by atoms with Gasteiger partial charge in [-0.2, -0.15) is 0 Å². The molecule has 0 saturated carbocycles. The van der Waals surface area contributed by atoms with Crippen molar-refractivity contribution in [2.24, 2.45) is 0 Å². The number of methoxy groups -OCH3 is 2. The number of hydrogen-bond donors (Lipinski definition) is 2. The molecule has 0 saturated heterocycles. The maximum Gasteiger partial charge on any atom is 0.204 e. The zero-order valence-electron chi connectivity index (χ0n) is 10.2. The molecule has 0 aliphatic rings. The number of anilines is 3. The van der Waals surface area contributed by atoms with Gasteiger partial charge in [0.25, 0.3) is 0 Å². The van der Waals surface area contributed by atoms with Crippen LogP contribution in [0.5, 0.6) is 11.5 Å². The number of hydrogen-bond acceptors (Lipinski definition) is 6. The van der Waals surface area contributed by atoms with E-state index >= 15 is 0 Å². The number of nitrogen functional groups attached to an aromatic ring is 1. The zero-order valence-corrected chi connectivity index (χ0v) is 10.2. The van der Waals surface area contributed by atoms with Gasteiger partial charge < -0.3 is 20.5 Å². The summed E-state index contributed by atoms with van der Waals surface area (Å²) in [4.78, 5) is 7.96. The lowest BCUT2D eigenvalue weighted by Gasteiger charge is -2.11. The number of ether oxygens (including phenoxy) is 2. The fourth-order valence-electron chi connectivity index (χ4n) is 1.52. The second kappa shape index (κ2) is 5.22. The third-order valence-corrected chi connectivity index (χ3v) is 2.37. The standard InChI is InChI=1S/C12H14N4O2/c1-17-9-5-3-4-8(6-9)16-12-10(18-2)11(13)14-7-15-12/h3-7H,1-2H3,(H3,13,14,15,16). The van der Waals surface area contributed by atoms with Crippen LogP contribution in [0.1, 0.15) is 0 Å². The fourth-order valence-corrected chi connectivity index (χ4v) is 1.52. The first-order chi connectivity index (χ1) is 8.74. The number of nitrogens with zero attached hydrogens (tertiary/aromatic N) is 2. The molecule has 94 valence electrons. The van der Waals surface area contributed by atoms with Crippen LogP contribution in [0.2, 0.25) is 0 Å². The highest BCUT2D eigenvalue weighted by Gasteiger charge is 2.09. The summed E-state index contributed by atoms with van der Waals surface area (Å²) >= 11 is 0. The number of aromatic nitrogens is 2. The monoisotopic (exact) mass is 246 g/mol. The van der Waals surface area contributed by atoms with Gasteiger partial charge in [-0.05, 0) is 12.1 Å². The molecule has 2 aromatic rings. The molecule has 1 heterocycles. The first kappa shape index (κ1) is 12.0. The van der Waals surface area contributed by atoms with Crippen LogP contribution in [0, 0.1) is 0 Å². The van der Waals surface area contributed by atoms with Crippen LogP contribution in [0.3, 0.4) is 0 Å². The largest absolute Gasteiger partial charge is 0.497 e. The van der Waals surface area contributed by atoms with Crippen molar-refractivity contribution in [2.75, 3.05) is 25.3 Å². The van der Waals surface area contributed by atoms with E-state index in [-0.39, 0.29) is 5.82 Å². The van der Waals surface area contributed by atoms with E-state index in [2.05, 4.69) is 15.3 Å². The average molecular weight is 246 g/mol. The minimum absolute atomic E-state index is 0.290. The summed E-state index contributed by atoms with van der Waals surface area (Å²) in [5.41, 5.74) is 6.53. The first-order valence-electron chi connectivity index (χ1n) is 5.30. The van der Waals surface area contributed by atoms with E-state index in [9.17, 15) is 0 Å². The summed E-state index contributed by atoms with van der Waals surface area (Å²) in [7, 11) is 3.13. The molecule has 0 spiro atoms. The SMILES string of the molecule is COc1cccc(Nc2ncnc(N)c2OC)c1. The number of nitrogens with one attached hydrogen (secondary N) is 1. The van der Waals surface area contributed by atoms with Crippen LogP contribution < -0.4 is 20.5 Å².